The Morgan fingerprint density at radius 2 is 2.11 bits per heavy atom. The van der Waals surface area contributed by atoms with Crippen molar-refractivity contribution < 1.29 is 9.47 Å². The predicted octanol–water partition coefficient (Wildman–Crippen LogP) is 1.40. The van der Waals surface area contributed by atoms with Crippen LogP contribution in [0.1, 0.15) is 11.6 Å². The van der Waals surface area contributed by atoms with E-state index in [4.69, 9.17) is 15.3 Å². The second-order valence-electron chi connectivity index (χ2n) is 4.21. The van der Waals surface area contributed by atoms with Crippen LogP contribution in [0.5, 0.6) is 0 Å². The Hall–Kier alpha value is -1.53. The van der Waals surface area contributed by atoms with E-state index in [1.807, 2.05) is 30.3 Å². The zero-order chi connectivity index (χ0) is 13.5. The maximum atomic E-state index is 5.62. The molecule has 0 aliphatic rings. The zero-order valence-electron chi connectivity index (χ0n) is 11.0. The fourth-order valence-corrected chi connectivity index (χ4v) is 1.98. The Morgan fingerprint density at radius 3 is 2.89 bits per heavy atom. The minimum absolute atomic E-state index is 0.0875. The van der Waals surface area contributed by atoms with Gasteiger partial charge in [-0.25, -0.2) is 0 Å². The minimum Gasteiger partial charge on any atom is -0.382 e. The number of aromatic nitrogens is 1. The average molecular weight is 261 g/mol. The Balaban J connectivity index is 2.16. The fraction of sp³-hybridized carbons (Fsp3) is 0.357. The van der Waals surface area contributed by atoms with Crippen molar-refractivity contribution in [1.29, 1.82) is 0 Å². The topological polar surface area (TPSA) is 69.4 Å². The molecule has 102 valence electrons. The van der Waals surface area contributed by atoms with Crippen LogP contribution >= 0.6 is 0 Å². The number of hydrogen-bond donors (Lipinski definition) is 2. The lowest BCUT2D eigenvalue weighted by atomic mass is 10.0. The summed E-state index contributed by atoms with van der Waals surface area (Å²) in [6, 6.07) is 9.91. The summed E-state index contributed by atoms with van der Waals surface area (Å²) < 4.78 is 10.5. The van der Waals surface area contributed by atoms with Gasteiger partial charge in [0.15, 0.2) is 0 Å². The molecule has 2 aromatic rings. The van der Waals surface area contributed by atoms with Crippen molar-refractivity contribution in [3.63, 3.8) is 0 Å². The van der Waals surface area contributed by atoms with Crippen LogP contribution in [0.15, 0.2) is 36.5 Å². The van der Waals surface area contributed by atoms with Crippen LogP contribution in [0.2, 0.25) is 0 Å². The van der Waals surface area contributed by atoms with E-state index in [1.165, 1.54) is 0 Å². The van der Waals surface area contributed by atoms with Crippen molar-refractivity contribution in [2.75, 3.05) is 26.9 Å². The first-order valence-corrected chi connectivity index (χ1v) is 6.23. The van der Waals surface area contributed by atoms with Gasteiger partial charge in [0, 0.05) is 18.7 Å². The summed E-state index contributed by atoms with van der Waals surface area (Å²) in [6.07, 6.45) is 1.78. The highest BCUT2D eigenvalue weighted by molar-refractivity contribution is 5.81. The molecule has 0 aliphatic carbocycles. The van der Waals surface area contributed by atoms with Crippen molar-refractivity contribution in [1.82, 2.24) is 10.4 Å². The van der Waals surface area contributed by atoms with Crippen LogP contribution < -0.4 is 11.3 Å². The number of benzene rings is 1. The molecule has 1 heterocycles. The first kappa shape index (κ1) is 13.9. The summed E-state index contributed by atoms with van der Waals surface area (Å²) in [5.41, 5.74) is 4.77. The molecule has 3 N–H and O–H groups in total. The summed E-state index contributed by atoms with van der Waals surface area (Å²) in [4.78, 5) is 4.42. The van der Waals surface area contributed by atoms with Gasteiger partial charge in [0.05, 0.1) is 31.4 Å². The molecule has 1 aromatic carbocycles. The normalized spacial score (nSPS) is 12.7. The van der Waals surface area contributed by atoms with Crippen molar-refractivity contribution in [2.45, 2.75) is 6.04 Å². The molecule has 2 rings (SSSR count). The number of nitrogens with one attached hydrogen (secondary N) is 1. The molecular weight excluding hydrogens is 242 g/mol. The van der Waals surface area contributed by atoms with Gasteiger partial charge in [-0.2, -0.15) is 0 Å². The van der Waals surface area contributed by atoms with Gasteiger partial charge in [0.1, 0.15) is 0 Å². The molecule has 0 fully saturated rings. The third-order valence-corrected chi connectivity index (χ3v) is 2.96. The second-order valence-corrected chi connectivity index (χ2v) is 4.21. The lowest BCUT2D eigenvalue weighted by Gasteiger charge is -2.17. The van der Waals surface area contributed by atoms with E-state index in [0.29, 0.717) is 19.8 Å². The van der Waals surface area contributed by atoms with Crippen molar-refractivity contribution in [3.05, 3.63) is 42.1 Å². The van der Waals surface area contributed by atoms with E-state index in [1.54, 1.807) is 13.3 Å². The molecule has 0 radical (unpaired) electrons. The van der Waals surface area contributed by atoms with Crippen molar-refractivity contribution in [2.24, 2.45) is 5.84 Å². The summed E-state index contributed by atoms with van der Waals surface area (Å²) in [7, 11) is 1.65. The molecule has 0 aliphatic heterocycles. The van der Waals surface area contributed by atoms with Gasteiger partial charge in [0.25, 0.3) is 0 Å². The highest BCUT2D eigenvalue weighted by Crippen LogP contribution is 2.22. The molecule has 19 heavy (non-hydrogen) atoms. The first-order valence-electron chi connectivity index (χ1n) is 6.23. The van der Waals surface area contributed by atoms with E-state index < -0.39 is 0 Å². The molecule has 1 atom stereocenters. The van der Waals surface area contributed by atoms with E-state index in [2.05, 4.69) is 10.4 Å². The highest BCUT2D eigenvalue weighted by Gasteiger charge is 2.13. The van der Waals surface area contributed by atoms with Crippen LogP contribution in [0.3, 0.4) is 0 Å². The average Bonchev–Trinajstić information content (AvgIpc) is 2.47. The molecule has 0 saturated heterocycles. The third kappa shape index (κ3) is 3.48. The lowest BCUT2D eigenvalue weighted by molar-refractivity contribution is 0.0587. The van der Waals surface area contributed by atoms with Gasteiger partial charge in [0.2, 0.25) is 0 Å². The van der Waals surface area contributed by atoms with E-state index in [-0.39, 0.29) is 6.04 Å². The maximum absolute atomic E-state index is 5.62. The molecule has 1 aromatic heterocycles. The summed E-state index contributed by atoms with van der Waals surface area (Å²) >= 11 is 0. The van der Waals surface area contributed by atoms with Gasteiger partial charge in [-0.3, -0.25) is 16.3 Å². The van der Waals surface area contributed by atoms with Gasteiger partial charge in [-0.05, 0) is 11.6 Å². The maximum Gasteiger partial charge on any atom is 0.0751 e. The molecule has 0 bridgehead atoms. The Morgan fingerprint density at radius 1 is 1.26 bits per heavy atom. The van der Waals surface area contributed by atoms with Crippen molar-refractivity contribution >= 4 is 10.9 Å². The first-order chi connectivity index (χ1) is 9.36. The molecular formula is C14H19N3O2. The largest absolute Gasteiger partial charge is 0.382 e. The summed E-state index contributed by atoms with van der Waals surface area (Å²) in [5.74, 6) is 5.62. The van der Waals surface area contributed by atoms with E-state index in [9.17, 15) is 0 Å². The molecule has 5 nitrogen and oxygen atoms in total. The number of fused-ring (bicyclic) bond motifs is 1. The minimum atomic E-state index is -0.0875. The van der Waals surface area contributed by atoms with Crippen LogP contribution in [0.25, 0.3) is 10.9 Å². The fourth-order valence-electron chi connectivity index (χ4n) is 1.98. The summed E-state index contributed by atoms with van der Waals surface area (Å²) in [5, 5.41) is 1.09. The number of ether oxygens (including phenoxy) is 2. The third-order valence-electron chi connectivity index (χ3n) is 2.96. The predicted molar refractivity (Wildman–Crippen MR) is 74.5 cm³/mol. The summed E-state index contributed by atoms with van der Waals surface area (Å²) in [6.45, 7) is 1.60. The van der Waals surface area contributed by atoms with Gasteiger partial charge < -0.3 is 9.47 Å². The van der Waals surface area contributed by atoms with E-state index >= 15 is 0 Å². The SMILES string of the molecule is COCCOCC(NN)c1cccc2cccnc12. The highest BCUT2D eigenvalue weighted by atomic mass is 16.5. The van der Waals surface area contributed by atoms with Gasteiger partial charge in [-0.15, -0.1) is 0 Å². The monoisotopic (exact) mass is 261 g/mol. The number of nitrogens with two attached hydrogens (primary N) is 1. The second kappa shape index (κ2) is 7.16. The van der Waals surface area contributed by atoms with Gasteiger partial charge >= 0.3 is 0 Å². The number of hydrogen-bond acceptors (Lipinski definition) is 5. The van der Waals surface area contributed by atoms with Crippen LogP contribution in [-0.4, -0.2) is 31.9 Å². The molecule has 0 saturated carbocycles. The Labute approximate surface area is 112 Å². The smallest absolute Gasteiger partial charge is 0.0751 e. The van der Waals surface area contributed by atoms with Crippen molar-refractivity contribution in [3.8, 4) is 0 Å². The van der Waals surface area contributed by atoms with Crippen LogP contribution in [0.4, 0.5) is 0 Å². The number of rotatable bonds is 7. The molecule has 5 heteroatoms. The lowest BCUT2D eigenvalue weighted by Crippen LogP contribution is -2.32. The molecule has 0 spiro atoms. The molecule has 0 amide bonds. The number of para-hydroxylation sites is 1. The Kier molecular flexibility index (Phi) is 5.23. The number of nitrogens with zero attached hydrogens (tertiary/aromatic N) is 1. The quantitative estimate of drug-likeness (QED) is 0.448. The number of hydrazine groups is 1. The Bertz CT molecular complexity index is 514. The number of methoxy groups -OCH3 is 1. The standard InChI is InChI=1S/C14H19N3O2/c1-18-8-9-19-10-13(17-15)12-6-2-4-11-5-3-7-16-14(11)12/h2-7,13,17H,8-10,15H2,1H3. The van der Waals surface area contributed by atoms with E-state index in [0.717, 1.165) is 16.5 Å². The van der Waals surface area contributed by atoms with Crippen LogP contribution in [0, 0.1) is 0 Å². The van der Waals surface area contributed by atoms with Gasteiger partial charge in [-0.1, -0.05) is 24.3 Å². The van der Waals surface area contributed by atoms with Crippen LogP contribution in [-0.2, 0) is 9.47 Å². The number of pyridine rings is 1. The molecule has 1 unspecified atom stereocenters. The zero-order valence-corrected chi connectivity index (χ0v) is 11.0.